The summed E-state index contributed by atoms with van der Waals surface area (Å²) in [6, 6.07) is 2.37. The lowest BCUT2D eigenvalue weighted by atomic mass is 10.2. The Morgan fingerprint density at radius 1 is 1.36 bits per heavy atom. The predicted octanol–water partition coefficient (Wildman–Crippen LogP) is 4.58. The maximum absolute atomic E-state index is 12.7. The van der Waals surface area contributed by atoms with Crippen molar-refractivity contribution in [2.45, 2.75) is 11.3 Å². The minimum Gasteiger partial charge on any atom is -0.308 e. The number of nitrogens with one attached hydrogen (secondary N) is 2. The second kappa shape index (κ2) is 6.71. The van der Waals surface area contributed by atoms with Gasteiger partial charge in [-0.2, -0.15) is 22.5 Å². The number of alkyl halides is 3. The van der Waals surface area contributed by atoms with Gasteiger partial charge in [0.05, 0.1) is 10.6 Å². The molecule has 22 heavy (non-hydrogen) atoms. The molecule has 0 atom stereocenters. The Hall–Kier alpha value is -1.52. The summed E-state index contributed by atoms with van der Waals surface area (Å²) < 4.78 is 42.1. The number of nitrogens with zero attached hydrogens (tertiary/aromatic N) is 2. The third-order valence-electron chi connectivity index (χ3n) is 2.34. The molecule has 5 nitrogen and oxygen atoms in total. The van der Waals surface area contributed by atoms with E-state index in [0.717, 1.165) is 23.7 Å². The smallest absolute Gasteiger partial charge is 0.308 e. The van der Waals surface area contributed by atoms with E-state index in [1.54, 1.807) is 6.26 Å². The Kier molecular flexibility index (Phi) is 5.14. The van der Waals surface area contributed by atoms with Crippen LogP contribution in [-0.4, -0.2) is 21.6 Å². The van der Waals surface area contributed by atoms with Gasteiger partial charge in [-0.15, -0.1) is 0 Å². The second-order valence-electron chi connectivity index (χ2n) is 3.86. The van der Waals surface area contributed by atoms with Crippen LogP contribution >= 0.6 is 34.9 Å². The summed E-state index contributed by atoms with van der Waals surface area (Å²) in [6.07, 6.45) is -2.82. The molecule has 1 aromatic heterocycles. The molecule has 2 amide bonds. The Bertz CT molecular complexity index is 692. The van der Waals surface area contributed by atoms with E-state index in [4.69, 9.17) is 11.6 Å². The predicted molar refractivity (Wildman–Crippen MR) is 80.8 cm³/mol. The van der Waals surface area contributed by atoms with Gasteiger partial charge in [-0.25, -0.2) is 4.79 Å². The first-order chi connectivity index (χ1) is 10.3. The van der Waals surface area contributed by atoms with Gasteiger partial charge in [0.25, 0.3) is 0 Å². The fourth-order valence-electron chi connectivity index (χ4n) is 1.42. The topological polar surface area (TPSA) is 66.9 Å². The van der Waals surface area contributed by atoms with Crippen molar-refractivity contribution in [3.05, 3.63) is 28.8 Å². The van der Waals surface area contributed by atoms with Gasteiger partial charge in [0.1, 0.15) is 0 Å². The van der Waals surface area contributed by atoms with Crippen molar-refractivity contribution in [2.24, 2.45) is 0 Å². The molecule has 118 valence electrons. The first-order valence-electron chi connectivity index (χ1n) is 5.62. The first kappa shape index (κ1) is 16.8. The molecule has 0 unspecified atom stereocenters. The number of carbonyl (C=O) groups is 1. The number of carbonyl (C=O) groups excluding carboxylic acids is 1. The highest BCUT2D eigenvalue weighted by Crippen LogP contribution is 2.36. The third-order valence-corrected chi connectivity index (χ3v) is 3.96. The highest BCUT2D eigenvalue weighted by atomic mass is 35.5. The number of rotatable bonds is 3. The highest BCUT2D eigenvalue weighted by molar-refractivity contribution is 7.98. The highest BCUT2D eigenvalue weighted by Gasteiger charge is 2.33. The zero-order valence-corrected chi connectivity index (χ0v) is 13.3. The minimum atomic E-state index is -4.60. The van der Waals surface area contributed by atoms with E-state index >= 15 is 0 Å². The molecule has 0 spiro atoms. The van der Waals surface area contributed by atoms with E-state index in [9.17, 15) is 18.0 Å². The molecule has 0 aliphatic carbocycles. The normalized spacial score (nSPS) is 11.3. The van der Waals surface area contributed by atoms with E-state index < -0.39 is 22.8 Å². The molecule has 1 aromatic carbocycles. The Morgan fingerprint density at radius 3 is 2.68 bits per heavy atom. The van der Waals surface area contributed by atoms with Crippen molar-refractivity contribution < 1.29 is 18.0 Å². The van der Waals surface area contributed by atoms with Crippen LogP contribution in [0.1, 0.15) is 5.56 Å². The van der Waals surface area contributed by atoms with Gasteiger partial charge < -0.3 is 5.32 Å². The summed E-state index contributed by atoms with van der Waals surface area (Å²) in [5, 5.41) is 4.96. The van der Waals surface area contributed by atoms with E-state index in [2.05, 4.69) is 20.0 Å². The molecule has 0 saturated carbocycles. The summed E-state index contributed by atoms with van der Waals surface area (Å²) in [5.74, 6) is 0. The van der Waals surface area contributed by atoms with Crippen molar-refractivity contribution in [2.75, 3.05) is 16.9 Å². The number of benzene rings is 1. The van der Waals surface area contributed by atoms with Crippen LogP contribution < -0.4 is 10.6 Å². The lowest BCUT2D eigenvalue weighted by molar-refractivity contribution is -0.137. The van der Waals surface area contributed by atoms with Crippen molar-refractivity contribution in [1.29, 1.82) is 0 Å². The van der Waals surface area contributed by atoms with Gasteiger partial charge in [0, 0.05) is 17.2 Å². The Labute approximate surface area is 136 Å². The molecule has 0 radical (unpaired) electrons. The average molecular weight is 369 g/mol. The molecule has 2 rings (SSSR count). The number of anilines is 2. The molecule has 0 bridgehead atoms. The minimum absolute atomic E-state index is 0.0381. The standard InChI is InChI=1S/C11H8ClF3N4OS2/c1-21-10-18-9(22-19-10)17-8(20)16-5-2-3-7(12)6(4-5)11(13,14)15/h2-4H,1H3,(H2,16,17,18,19,20). The van der Waals surface area contributed by atoms with Crippen molar-refractivity contribution in [3.8, 4) is 0 Å². The average Bonchev–Trinajstić information content (AvgIpc) is 2.87. The van der Waals surface area contributed by atoms with Crippen LogP contribution in [0.25, 0.3) is 0 Å². The molecule has 2 N–H and O–H groups in total. The molecular weight excluding hydrogens is 361 g/mol. The van der Waals surface area contributed by atoms with Crippen LogP contribution in [0.5, 0.6) is 0 Å². The summed E-state index contributed by atoms with van der Waals surface area (Å²) in [5.41, 5.74) is -1.06. The number of thioether (sulfide) groups is 1. The Morgan fingerprint density at radius 2 is 2.09 bits per heavy atom. The SMILES string of the molecule is CSc1nsc(NC(=O)Nc2ccc(Cl)c(C(F)(F)F)c2)n1. The fraction of sp³-hybridized carbons (Fsp3) is 0.182. The number of halogens is 4. The number of hydrogen-bond donors (Lipinski definition) is 2. The third kappa shape index (κ3) is 4.24. The molecule has 0 aliphatic heterocycles. The fourth-order valence-corrected chi connectivity index (χ4v) is 2.77. The van der Waals surface area contributed by atoms with Crippen LogP contribution in [0, 0.1) is 0 Å². The van der Waals surface area contributed by atoms with Crippen LogP contribution in [0.3, 0.4) is 0 Å². The summed E-state index contributed by atoms with van der Waals surface area (Å²) in [4.78, 5) is 15.7. The van der Waals surface area contributed by atoms with Crippen LogP contribution in [-0.2, 0) is 6.18 Å². The zero-order chi connectivity index (χ0) is 16.3. The maximum Gasteiger partial charge on any atom is 0.417 e. The van der Waals surface area contributed by atoms with E-state index in [1.165, 1.54) is 17.8 Å². The van der Waals surface area contributed by atoms with Gasteiger partial charge in [-0.05, 0) is 24.5 Å². The largest absolute Gasteiger partial charge is 0.417 e. The first-order valence-corrected chi connectivity index (χ1v) is 7.99. The summed E-state index contributed by atoms with van der Waals surface area (Å²) in [6.45, 7) is 0. The Balaban J connectivity index is 2.08. The number of amides is 2. The van der Waals surface area contributed by atoms with Crippen molar-refractivity contribution in [3.63, 3.8) is 0 Å². The molecule has 0 saturated heterocycles. The van der Waals surface area contributed by atoms with E-state index in [0.29, 0.717) is 5.16 Å². The van der Waals surface area contributed by atoms with Gasteiger partial charge >= 0.3 is 12.2 Å². The van der Waals surface area contributed by atoms with Crippen LogP contribution in [0.15, 0.2) is 23.4 Å². The van der Waals surface area contributed by atoms with Gasteiger partial charge in [-0.1, -0.05) is 23.4 Å². The molecular formula is C11H8ClF3N4OS2. The van der Waals surface area contributed by atoms with Gasteiger partial charge in [-0.3, -0.25) is 5.32 Å². The maximum atomic E-state index is 12.7. The quantitative estimate of drug-likeness (QED) is 0.778. The van der Waals surface area contributed by atoms with Crippen molar-refractivity contribution in [1.82, 2.24) is 9.36 Å². The molecule has 11 heteroatoms. The lowest BCUT2D eigenvalue weighted by Crippen LogP contribution is -2.19. The molecule has 0 fully saturated rings. The number of aromatic nitrogens is 2. The lowest BCUT2D eigenvalue weighted by Gasteiger charge is -2.11. The number of hydrogen-bond acceptors (Lipinski definition) is 5. The second-order valence-corrected chi connectivity index (χ2v) is 5.79. The number of urea groups is 1. The summed E-state index contributed by atoms with van der Waals surface area (Å²) >= 11 is 7.77. The van der Waals surface area contributed by atoms with Gasteiger partial charge in [0.15, 0.2) is 0 Å². The van der Waals surface area contributed by atoms with Gasteiger partial charge in [0.2, 0.25) is 10.3 Å². The monoisotopic (exact) mass is 368 g/mol. The van der Waals surface area contributed by atoms with Crippen LogP contribution in [0.2, 0.25) is 5.02 Å². The molecule has 1 heterocycles. The van der Waals surface area contributed by atoms with Crippen LogP contribution in [0.4, 0.5) is 28.8 Å². The van der Waals surface area contributed by atoms with E-state index in [-0.39, 0.29) is 10.8 Å². The molecule has 0 aliphatic rings. The molecule has 2 aromatic rings. The van der Waals surface area contributed by atoms with Crippen molar-refractivity contribution >= 4 is 51.7 Å². The van der Waals surface area contributed by atoms with E-state index in [1.807, 2.05) is 0 Å². The zero-order valence-electron chi connectivity index (χ0n) is 10.9. The summed E-state index contributed by atoms with van der Waals surface area (Å²) in [7, 11) is 0.